The van der Waals surface area contributed by atoms with E-state index in [0.717, 1.165) is 38.0 Å². The lowest BCUT2D eigenvalue weighted by atomic mass is 9.98. The van der Waals surface area contributed by atoms with Crippen molar-refractivity contribution in [3.05, 3.63) is 35.4 Å². The number of piperidine rings is 1. The molecule has 1 aromatic rings. The van der Waals surface area contributed by atoms with Crippen LogP contribution in [-0.2, 0) is 27.9 Å². The summed E-state index contributed by atoms with van der Waals surface area (Å²) in [6.45, 7) is 4.52. The summed E-state index contributed by atoms with van der Waals surface area (Å²) in [6, 6.07) is 8.24. The number of carbonyl (C=O) groups excluding carboxylic acids is 1. The van der Waals surface area contributed by atoms with Gasteiger partial charge in [-0.25, -0.2) is 12.7 Å². The fourth-order valence-electron chi connectivity index (χ4n) is 3.85. The van der Waals surface area contributed by atoms with E-state index in [0.29, 0.717) is 19.6 Å². The minimum atomic E-state index is -3.23. The molecule has 0 aromatic heterocycles. The predicted octanol–water partition coefficient (Wildman–Crippen LogP) is 1.57. The van der Waals surface area contributed by atoms with Crippen LogP contribution in [0.3, 0.4) is 0 Å². The summed E-state index contributed by atoms with van der Waals surface area (Å²) in [5.74, 6) is -0.307. The van der Waals surface area contributed by atoms with Crippen molar-refractivity contribution in [3.63, 3.8) is 0 Å². The van der Waals surface area contributed by atoms with Crippen molar-refractivity contribution in [2.24, 2.45) is 5.92 Å². The number of nitrogens with one attached hydrogen (secondary N) is 1. The number of likely N-dealkylation sites (tertiary alicyclic amines) is 1. The second-order valence-electron chi connectivity index (χ2n) is 7.43. The van der Waals surface area contributed by atoms with Gasteiger partial charge in [0, 0.05) is 26.2 Å². The van der Waals surface area contributed by atoms with Gasteiger partial charge in [-0.2, -0.15) is 0 Å². The minimum absolute atomic E-state index is 0.0469. The minimum Gasteiger partial charge on any atom is -0.352 e. The molecule has 2 saturated heterocycles. The first kappa shape index (κ1) is 19.3. The van der Waals surface area contributed by atoms with Crippen LogP contribution in [0.1, 0.15) is 36.8 Å². The van der Waals surface area contributed by atoms with E-state index in [-0.39, 0.29) is 11.8 Å². The third kappa shape index (κ3) is 5.05. The summed E-state index contributed by atoms with van der Waals surface area (Å²) in [6.07, 6.45) is 5.21. The van der Waals surface area contributed by atoms with Crippen LogP contribution in [0.2, 0.25) is 0 Å². The molecular weight excluding hydrogens is 350 g/mol. The van der Waals surface area contributed by atoms with Gasteiger partial charge in [0.15, 0.2) is 0 Å². The van der Waals surface area contributed by atoms with Gasteiger partial charge in [0.1, 0.15) is 0 Å². The van der Waals surface area contributed by atoms with Crippen molar-refractivity contribution in [3.8, 4) is 0 Å². The standard InChI is InChI=1S/C19H29N3O3S/c1-26(24,25)22-12-6-9-18(15-22)19(23)20-13-16-7-2-3-8-17(16)14-21-10-4-5-11-21/h2-3,7-8,18H,4-6,9-15H2,1H3,(H,20,23)/t18-/m0/s1. The summed E-state index contributed by atoms with van der Waals surface area (Å²) < 4.78 is 24.9. The lowest BCUT2D eigenvalue weighted by Gasteiger charge is -2.30. The van der Waals surface area contributed by atoms with Crippen LogP contribution < -0.4 is 5.32 Å². The van der Waals surface area contributed by atoms with Crippen molar-refractivity contribution in [1.82, 2.24) is 14.5 Å². The third-order valence-corrected chi connectivity index (χ3v) is 6.66. The summed E-state index contributed by atoms with van der Waals surface area (Å²) in [5.41, 5.74) is 2.40. The molecule has 2 aliphatic heterocycles. The van der Waals surface area contributed by atoms with Gasteiger partial charge in [0.25, 0.3) is 0 Å². The highest BCUT2D eigenvalue weighted by atomic mass is 32.2. The second-order valence-corrected chi connectivity index (χ2v) is 9.41. The molecule has 0 aliphatic carbocycles. The third-order valence-electron chi connectivity index (χ3n) is 5.39. The van der Waals surface area contributed by atoms with E-state index in [1.165, 1.54) is 29.0 Å². The van der Waals surface area contributed by atoms with Gasteiger partial charge in [-0.05, 0) is 49.9 Å². The number of carbonyl (C=O) groups is 1. The first-order chi connectivity index (χ1) is 12.4. The highest BCUT2D eigenvalue weighted by Crippen LogP contribution is 2.20. The number of rotatable bonds is 6. The predicted molar refractivity (Wildman–Crippen MR) is 102 cm³/mol. The van der Waals surface area contributed by atoms with E-state index in [4.69, 9.17) is 0 Å². The molecule has 1 amide bonds. The first-order valence-electron chi connectivity index (χ1n) is 9.45. The topological polar surface area (TPSA) is 69.7 Å². The van der Waals surface area contributed by atoms with Crippen LogP contribution in [-0.4, -0.2) is 56.0 Å². The Balaban J connectivity index is 1.57. The lowest BCUT2D eigenvalue weighted by Crippen LogP contribution is -2.44. The molecule has 0 spiro atoms. The number of sulfonamides is 1. The first-order valence-corrected chi connectivity index (χ1v) is 11.3. The van der Waals surface area contributed by atoms with Gasteiger partial charge in [-0.3, -0.25) is 9.69 Å². The fraction of sp³-hybridized carbons (Fsp3) is 0.632. The number of hydrogen-bond acceptors (Lipinski definition) is 4. The molecule has 2 fully saturated rings. The zero-order valence-electron chi connectivity index (χ0n) is 15.5. The van der Waals surface area contributed by atoms with Crippen LogP contribution in [0.25, 0.3) is 0 Å². The molecule has 0 saturated carbocycles. The molecule has 0 unspecified atom stereocenters. The van der Waals surface area contributed by atoms with Gasteiger partial charge in [0.2, 0.25) is 15.9 Å². The molecule has 2 heterocycles. The van der Waals surface area contributed by atoms with Crippen LogP contribution in [0.4, 0.5) is 0 Å². The molecule has 26 heavy (non-hydrogen) atoms. The Morgan fingerprint density at radius 3 is 2.50 bits per heavy atom. The summed E-state index contributed by atoms with van der Waals surface area (Å²) in [5, 5.41) is 3.03. The van der Waals surface area contributed by atoms with Crippen molar-refractivity contribution in [2.75, 3.05) is 32.4 Å². The SMILES string of the molecule is CS(=O)(=O)N1CCC[C@H](C(=O)NCc2ccccc2CN2CCCC2)C1. The second kappa shape index (κ2) is 8.50. The Hall–Kier alpha value is -1.44. The smallest absolute Gasteiger partial charge is 0.224 e. The van der Waals surface area contributed by atoms with Crippen molar-refractivity contribution in [2.45, 2.75) is 38.8 Å². The molecule has 144 valence electrons. The Morgan fingerprint density at radius 2 is 1.81 bits per heavy atom. The molecule has 1 N–H and O–H groups in total. The number of amides is 1. The molecule has 0 radical (unpaired) electrons. The maximum atomic E-state index is 12.6. The molecule has 3 rings (SSSR count). The number of nitrogens with zero attached hydrogens (tertiary/aromatic N) is 2. The van der Waals surface area contributed by atoms with Crippen LogP contribution >= 0.6 is 0 Å². The zero-order chi connectivity index (χ0) is 18.6. The molecule has 1 atom stereocenters. The largest absolute Gasteiger partial charge is 0.352 e. The molecule has 2 aliphatic rings. The summed E-state index contributed by atoms with van der Waals surface area (Å²) >= 11 is 0. The number of benzene rings is 1. The average Bonchev–Trinajstić information content (AvgIpc) is 3.13. The Kier molecular flexibility index (Phi) is 6.32. The van der Waals surface area contributed by atoms with Crippen molar-refractivity contribution in [1.29, 1.82) is 0 Å². The van der Waals surface area contributed by atoms with Gasteiger partial charge in [0.05, 0.1) is 12.2 Å². The highest BCUT2D eigenvalue weighted by molar-refractivity contribution is 7.88. The van der Waals surface area contributed by atoms with E-state index < -0.39 is 10.0 Å². The van der Waals surface area contributed by atoms with Crippen molar-refractivity contribution < 1.29 is 13.2 Å². The lowest BCUT2D eigenvalue weighted by molar-refractivity contribution is -0.126. The van der Waals surface area contributed by atoms with E-state index in [1.807, 2.05) is 12.1 Å². The van der Waals surface area contributed by atoms with E-state index in [1.54, 1.807) is 0 Å². The normalized spacial score (nSPS) is 22.4. The van der Waals surface area contributed by atoms with Crippen LogP contribution in [0, 0.1) is 5.92 Å². The molecule has 0 bridgehead atoms. The Morgan fingerprint density at radius 1 is 1.12 bits per heavy atom. The maximum Gasteiger partial charge on any atom is 0.224 e. The monoisotopic (exact) mass is 379 g/mol. The fourth-order valence-corrected chi connectivity index (χ4v) is 4.76. The average molecular weight is 380 g/mol. The Labute approximate surface area is 156 Å². The zero-order valence-corrected chi connectivity index (χ0v) is 16.3. The number of hydrogen-bond donors (Lipinski definition) is 1. The van der Waals surface area contributed by atoms with E-state index in [2.05, 4.69) is 22.3 Å². The maximum absolute atomic E-state index is 12.6. The molecule has 7 heteroatoms. The molecule has 1 aromatic carbocycles. The van der Waals surface area contributed by atoms with E-state index in [9.17, 15) is 13.2 Å². The van der Waals surface area contributed by atoms with Gasteiger partial charge in [-0.15, -0.1) is 0 Å². The Bertz CT molecular complexity index is 729. The van der Waals surface area contributed by atoms with Gasteiger partial charge >= 0.3 is 0 Å². The van der Waals surface area contributed by atoms with Gasteiger partial charge < -0.3 is 5.32 Å². The summed E-state index contributed by atoms with van der Waals surface area (Å²) in [7, 11) is -3.23. The van der Waals surface area contributed by atoms with E-state index >= 15 is 0 Å². The van der Waals surface area contributed by atoms with Crippen molar-refractivity contribution >= 4 is 15.9 Å². The highest BCUT2D eigenvalue weighted by Gasteiger charge is 2.30. The van der Waals surface area contributed by atoms with Crippen LogP contribution in [0.5, 0.6) is 0 Å². The van der Waals surface area contributed by atoms with Gasteiger partial charge in [-0.1, -0.05) is 24.3 Å². The molecule has 6 nitrogen and oxygen atoms in total. The quantitative estimate of drug-likeness (QED) is 0.815. The summed E-state index contributed by atoms with van der Waals surface area (Å²) in [4.78, 5) is 15.0. The van der Waals surface area contributed by atoms with Crippen LogP contribution in [0.15, 0.2) is 24.3 Å². The molecular formula is C19H29N3O3S.